The zero-order valence-electron chi connectivity index (χ0n) is 20.9. The minimum atomic E-state index is -3.30. The molecule has 4 rings (SSSR count). The summed E-state index contributed by atoms with van der Waals surface area (Å²) in [6.45, 7) is 7.51. The topological polar surface area (TPSA) is 74.1 Å². The molecule has 4 aromatic rings. The number of aromatic nitrogens is 3. The van der Waals surface area contributed by atoms with Crippen molar-refractivity contribution < 1.29 is 13.2 Å². The number of nitrogens with zero attached hydrogens (tertiary/aromatic N) is 3. The number of hydrogen-bond acceptors (Lipinski definition) is 5. The highest BCUT2D eigenvalue weighted by Crippen LogP contribution is 2.28. The molecule has 6 nitrogen and oxygen atoms in total. The molecule has 0 aliphatic carbocycles. The summed E-state index contributed by atoms with van der Waals surface area (Å²) in [7, 11) is -3.30. The molecule has 2 aromatic heterocycles. The van der Waals surface area contributed by atoms with Gasteiger partial charge in [0.25, 0.3) is 0 Å². The Morgan fingerprint density at radius 3 is 2.44 bits per heavy atom. The van der Waals surface area contributed by atoms with Gasteiger partial charge in [-0.2, -0.15) is 0 Å². The Labute approximate surface area is 218 Å². The standard InChI is InChI=1S/C28H32ClN3O3S/c1-20(18-35-24-10-6-4-7-11-24)26-27-28(21(2)22(3)31-26)32(19-30-27)16-8-5-9-17-36(33,34)25-14-12-23(29)13-15-25/h4,6-7,10-15,19-20H,5,8-9,16-18H2,1-3H3. The van der Waals surface area contributed by atoms with Crippen molar-refractivity contribution in [2.75, 3.05) is 12.4 Å². The summed E-state index contributed by atoms with van der Waals surface area (Å²) in [6, 6.07) is 16.1. The summed E-state index contributed by atoms with van der Waals surface area (Å²) in [5.74, 6) is 1.05. The average molecular weight is 526 g/mol. The molecule has 0 spiro atoms. The largest absolute Gasteiger partial charge is 0.493 e. The first-order valence-electron chi connectivity index (χ1n) is 12.2. The van der Waals surface area contributed by atoms with Crippen molar-refractivity contribution in [2.45, 2.75) is 57.4 Å². The summed E-state index contributed by atoms with van der Waals surface area (Å²) < 4.78 is 33.3. The van der Waals surface area contributed by atoms with E-state index < -0.39 is 9.84 Å². The third-order valence-electron chi connectivity index (χ3n) is 6.46. The predicted molar refractivity (Wildman–Crippen MR) is 145 cm³/mol. The molecule has 0 aliphatic heterocycles. The highest BCUT2D eigenvalue weighted by molar-refractivity contribution is 7.91. The molecule has 8 heteroatoms. The molecule has 0 amide bonds. The van der Waals surface area contributed by atoms with E-state index in [-0.39, 0.29) is 11.7 Å². The Morgan fingerprint density at radius 1 is 1.00 bits per heavy atom. The Bertz CT molecular complexity index is 1420. The molecule has 2 aromatic carbocycles. The van der Waals surface area contributed by atoms with Gasteiger partial charge in [0.05, 0.1) is 34.8 Å². The normalized spacial score (nSPS) is 12.7. The van der Waals surface area contributed by atoms with Gasteiger partial charge >= 0.3 is 0 Å². The van der Waals surface area contributed by atoms with Crippen molar-refractivity contribution in [1.82, 2.24) is 14.5 Å². The van der Waals surface area contributed by atoms with Crippen molar-refractivity contribution in [1.29, 1.82) is 0 Å². The molecule has 0 radical (unpaired) electrons. The second-order valence-electron chi connectivity index (χ2n) is 9.20. The molecular weight excluding hydrogens is 494 g/mol. The van der Waals surface area contributed by atoms with E-state index in [0.29, 0.717) is 22.9 Å². The lowest BCUT2D eigenvalue weighted by Gasteiger charge is -2.16. The van der Waals surface area contributed by atoms with Gasteiger partial charge in [-0.3, -0.25) is 4.98 Å². The van der Waals surface area contributed by atoms with Crippen LogP contribution in [0.25, 0.3) is 11.0 Å². The van der Waals surface area contributed by atoms with Crippen LogP contribution in [0, 0.1) is 13.8 Å². The van der Waals surface area contributed by atoms with E-state index in [1.165, 1.54) is 0 Å². The van der Waals surface area contributed by atoms with E-state index in [1.807, 2.05) is 43.6 Å². The van der Waals surface area contributed by atoms with Gasteiger partial charge in [-0.15, -0.1) is 0 Å². The van der Waals surface area contributed by atoms with Crippen LogP contribution in [0.15, 0.2) is 65.8 Å². The van der Waals surface area contributed by atoms with Gasteiger partial charge in [0.2, 0.25) is 0 Å². The van der Waals surface area contributed by atoms with Crippen molar-refractivity contribution in [3.8, 4) is 5.75 Å². The van der Waals surface area contributed by atoms with Gasteiger partial charge in [-0.1, -0.05) is 43.1 Å². The Balaban J connectivity index is 1.39. The molecular formula is C28H32ClN3O3S. The number of imidazole rings is 1. The molecule has 1 atom stereocenters. The van der Waals surface area contributed by atoms with Crippen LogP contribution in [0.3, 0.4) is 0 Å². The number of ether oxygens (including phenoxy) is 1. The molecule has 0 N–H and O–H groups in total. The second-order valence-corrected chi connectivity index (χ2v) is 11.7. The molecule has 36 heavy (non-hydrogen) atoms. The molecule has 0 saturated heterocycles. The maximum Gasteiger partial charge on any atom is 0.178 e. The molecule has 0 saturated carbocycles. The number of para-hydroxylation sites is 1. The SMILES string of the molecule is Cc1nc(C(C)COc2ccccc2)c2ncn(CCCCCS(=O)(=O)c3ccc(Cl)cc3)c2c1C. The summed E-state index contributed by atoms with van der Waals surface area (Å²) >= 11 is 5.87. The minimum absolute atomic E-state index is 0.0773. The molecule has 0 aliphatic rings. The minimum Gasteiger partial charge on any atom is -0.493 e. The van der Waals surface area contributed by atoms with Crippen LogP contribution in [-0.4, -0.2) is 35.3 Å². The van der Waals surface area contributed by atoms with Gasteiger partial charge in [0.15, 0.2) is 9.84 Å². The van der Waals surface area contributed by atoms with E-state index in [2.05, 4.69) is 18.4 Å². The monoisotopic (exact) mass is 525 g/mol. The number of pyridine rings is 1. The molecule has 0 fully saturated rings. The van der Waals surface area contributed by atoms with Gasteiger partial charge in [-0.05, 0) is 68.7 Å². The van der Waals surface area contributed by atoms with E-state index >= 15 is 0 Å². The van der Waals surface area contributed by atoms with Crippen molar-refractivity contribution in [3.05, 3.63) is 82.9 Å². The first-order chi connectivity index (χ1) is 17.3. The first kappa shape index (κ1) is 26.2. The third-order valence-corrected chi connectivity index (χ3v) is 8.53. The number of sulfone groups is 1. The van der Waals surface area contributed by atoms with Crippen LogP contribution in [0.5, 0.6) is 5.75 Å². The number of halogens is 1. The lowest BCUT2D eigenvalue weighted by Crippen LogP contribution is -2.11. The quantitative estimate of drug-likeness (QED) is 0.208. The van der Waals surface area contributed by atoms with Crippen LogP contribution in [0.1, 0.15) is 49.1 Å². The highest BCUT2D eigenvalue weighted by Gasteiger charge is 2.19. The first-order valence-corrected chi connectivity index (χ1v) is 14.3. The number of rotatable bonds is 11. The fourth-order valence-corrected chi connectivity index (χ4v) is 5.79. The van der Waals surface area contributed by atoms with E-state index in [0.717, 1.165) is 53.1 Å². The predicted octanol–water partition coefficient (Wildman–Crippen LogP) is 6.53. The number of fused-ring (bicyclic) bond motifs is 1. The molecule has 1 unspecified atom stereocenters. The fourth-order valence-electron chi connectivity index (χ4n) is 4.29. The number of aryl methyl sites for hydroxylation is 3. The van der Waals surface area contributed by atoms with Crippen molar-refractivity contribution in [2.24, 2.45) is 0 Å². The van der Waals surface area contributed by atoms with Crippen molar-refractivity contribution >= 4 is 32.5 Å². The van der Waals surface area contributed by atoms with Crippen LogP contribution in [-0.2, 0) is 16.4 Å². The maximum absolute atomic E-state index is 12.6. The number of benzene rings is 2. The van der Waals surface area contributed by atoms with Crippen molar-refractivity contribution in [3.63, 3.8) is 0 Å². The summed E-state index contributed by atoms with van der Waals surface area (Å²) in [5.41, 5.74) is 5.05. The van der Waals surface area contributed by atoms with Crippen LogP contribution < -0.4 is 4.74 Å². The van der Waals surface area contributed by atoms with E-state index in [1.54, 1.807) is 24.3 Å². The molecule has 190 valence electrons. The Morgan fingerprint density at radius 2 is 1.72 bits per heavy atom. The van der Waals surface area contributed by atoms with Crippen LogP contribution >= 0.6 is 11.6 Å². The smallest absolute Gasteiger partial charge is 0.178 e. The van der Waals surface area contributed by atoms with Gasteiger partial charge < -0.3 is 9.30 Å². The fraction of sp³-hybridized carbons (Fsp3) is 0.357. The second kappa shape index (κ2) is 11.4. The lowest BCUT2D eigenvalue weighted by atomic mass is 10.0. The van der Waals surface area contributed by atoms with E-state index in [4.69, 9.17) is 26.3 Å². The van der Waals surface area contributed by atoms with Gasteiger partial charge in [0.1, 0.15) is 11.3 Å². The van der Waals surface area contributed by atoms with Gasteiger partial charge in [0, 0.05) is 23.2 Å². The Kier molecular flexibility index (Phi) is 8.32. The zero-order chi connectivity index (χ0) is 25.7. The highest BCUT2D eigenvalue weighted by atomic mass is 35.5. The summed E-state index contributed by atoms with van der Waals surface area (Å²) in [5, 5.41) is 0.531. The maximum atomic E-state index is 12.6. The average Bonchev–Trinajstić information content (AvgIpc) is 3.29. The number of unbranched alkanes of at least 4 members (excludes halogenated alkanes) is 2. The molecule has 0 bridgehead atoms. The molecule has 2 heterocycles. The van der Waals surface area contributed by atoms with Crippen LogP contribution in [0.2, 0.25) is 5.02 Å². The van der Waals surface area contributed by atoms with E-state index in [9.17, 15) is 8.42 Å². The summed E-state index contributed by atoms with van der Waals surface area (Å²) in [4.78, 5) is 9.91. The van der Waals surface area contributed by atoms with Gasteiger partial charge in [-0.25, -0.2) is 13.4 Å². The third kappa shape index (κ3) is 6.08. The van der Waals surface area contributed by atoms with Crippen LogP contribution in [0.4, 0.5) is 0 Å². The summed E-state index contributed by atoms with van der Waals surface area (Å²) in [6.07, 6.45) is 4.15. The number of hydrogen-bond donors (Lipinski definition) is 0. The lowest BCUT2D eigenvalue weighted by molar-refractivity contribution is 0.294. The zero-order valence-corrected chi connectivity index (χ0v) is 22.5. The Hall–Kier alpha value is -2.90.